The predicted molar refractivity (Wildman–Crippen MR) is 91.6 cm³/mol. The second kappa shape index (κ2) is 7.92. The summed E-state index contributed by atoms with van der Waals surface area (Å²) in [4.78, 5) is 18.8. The van der Waals surface area contributed by atoms with Gasteiger partial charge in [-0.2, -0.15) is 0 Å². The van der Waals surface area contributed by atoms with Crippen LogP contribution in [0.25, 0.3) is 0 Å². The van der Waals surface area contributed by atoms with Gasteiger partial charge in [0.1, 0.15) is 6.54 Å². The topological polar surface area (TPSA) is 47.4 Å². The Kier molecular flexibility index (Phi) is 5.93. The second-order valence-corrected chi connectivity index (χ2v) is 5.74. The van der Waals surface area contributed by atoms with Gasteiger partial charge in [-0.3, -0.25) is 4.79 Å². The summed E-state index contributed by atoms with van der Waals surface area (Å²) in [5.74, 6) is 0.0385. The fourth-order valence-corrected chi connectivity index (χ4v) is 2.87. The van der Waals surface area contributed by atoms with Crippen LogP contribution in [0.15, 0.2) is 36.9 Å². The molecular formula is C18H25N3O2. The van der Waals surface area contributed by atoms with Crippen LogP contribution in [0, 0.1) is 6.92 Å². The molecule has 0 aliphatic rings. The van der Waals surface area contributed by atoms with Crippen molar-refractivity contribution in [1.29, 1.82) is 0 Å². The van der Waals surface area contributed by atoms with Crippen molar-refractivity contribution in [1.82, 2.24) is 9.55 Å². The maximum Gasteiger partial charge on any atom is 0.247 e. The highest BCUT2D eigenvalue weighted by molar-refractivity contribution is 5.95. The Labute approximate surface area is 137 Å². The lowest BCUT2D eigenvalue weighted by molar-refractivity contribution is -0.119. The number of anilines is 1. The Balaban J connectivity index is 2.40. The minimum atomic E-state index is -0.0394. The number of methoxy groups -OCH3 is 1. The number of rotatable bonds is 7. The average molecular weight is 315 g/mol. The Hall–Kier alpha value is -2.14. The molecule has 0 aliphatic carbocycles. The van der Waals surface area contributed by atoms with Crippen molar-refractivity contribution in [2.24, 2.45) is 0 Å². The van der Waals surface area contributed by atoms with Gasteiger partial charge in [0, 0.05) is 19.5 Å². The zero-order valence-corrected chi connectivity index (χ0v) is 14.3. The molecule has 23 heavy (non-hydrogen) atoms. The molecule has 0 spiro atoms. The molecule has 2 rings (SSSR count). The van der Waals surface area contributed by atoms with Gasteiger partial charge in [0.15, 0.2) is 0 Å². The summed E-state index contributed by atoms with van der Waals surface area (Å²) >= 11 is 0. The molecule has 1 unspecified atom stereocenters. The van der Waals surface area contributed by atoms with E-state index in [9.17, 15) is 4.79 Å². The van der Waals surface area contributed by atoms with Gasteiger partial charge in [-0.1, -0.05) is 25.1 Å². The lowest BCUT2D eigenvalue weighted by atomic mass is 10.0. The van der Waals surface area contributed by atoms with E-state index >= 15 is 0 Å². The molecule has 1 aromatic heterocycles. The van der Waals surface area contributed by atoms with Gasteiger partial charge in [0.25, 0.3) is 0 Å². The lowest BCUT2D eigenvalue weighted by Gasteiger charge is -2.32. The molecule has 0 radical (unpaired) electrons. The highest BCUT2D eigenvalue weighted by atomic mass is 16.5. The number of aromatic nitrogens is 2. The van der Waals surface area contributed by atoms with E-state index < -0.39 is 0 Å². The molecule has 1 amide bonds. The average Bonchev–Trinajstić information content (AvgIpc) is 3.02. The number of hydrogen-bond donors (Lipinski definition) is 0. The van der Waals surface area contributed by atoms with Gasteiger partial charge < -0.3 is 14.2 Å². The number of carbonyl (C=O) groups excluding carboxylic acids is 1. The number of carbonyl (C=O) groups is 1. The van der Waals surface area contributed by atoms with Crippen LogP contribution in [0.5, 0.6) is 0 Å². The quantitative estimate of drug-likeness (QED) is 0.789. The molecule has 0 saturated heterocycles. The Morgan fingerprint density at radius 2 is 2.22 bits per heavy atom. The Morgan fingerprint density at radius 1 is 1.43 bits per heavy atom. The second-order valence-electron chi connectivity index (χ2n) is 5.74. The first-order valence-corrected chi connectivity index (χ1v) is 7.93. The van der Waals surface area contributed by atoms with E-state index in [0.717, 1.165) is 17.7 Å². The summed E-state index contributed by atoms with van der Waals surface area (Å²) in [6.45, 7) is 6.93. The lowest BCUT2D eigenvalue weighted by Crippen LogP contribution is -2.43. The minimum Gasteiger partial charge on any atom is -0.383 e. The summed E-state index contributed by atoms with van der Waals surface area (Å²) in [5.41, 5.74) is 3.28. The van der Waals surface area contributed by atoms with Crippen molar-refractivity contribution < 1.29 is 9.53 Å². The maximum absolute atomic E-state index is 13.0. The number of hydrogen-bond acceptors (Lipinski definition) is 3. The van der Waals surface area contributed by atoms with Gasteiger partial charge in [-0.15, -0.1) is 0 Å². The number of benzene rings is 1. The first-order chi connectivity index (χ1) is 11.1. The SMILES string of the molecule is CCc1cccc(C)c1N(C(=O)Cn1ccnc1)C(C)COC. The van der Waals surface area contributed by atoms with Crippen LogP contribution in [-0.2, 0) is 22.5 Å². The summed E-state index contributed by atoms with van der Waals surface area (Å²) in [5, 5.41) is 0. The molecule has 1 atom stereocenters. The summed E-state index contributed by atoms with van der Waals surface area (Å²) in [6, 6.07) is 6.13. The number of ether oxygens (including phenoxy) is 1. The molecule has 0 bridgehead atoms. The van der Waals surface area contributed by atoms with Crippen molar-refractivity contribution in [2.45, 2.75) is 39.8 Å². The molecule has 5 heteroatoms. The highest BCUT2D eigenvalue weighted by Gasteiger charge is 2.25. The molecule has 0 aliphatic heterocycles. The molecule has 0 N–H and O–H groups in total. The van der Waals surface area contributed by atoms with Gasteiger partial charge in [0.2, 0.25) is 5.91 Å². The predicted octanol–water partition coefficient (Wildman–Crippen LogP) is 2.82. The van der Waals surface area contributed by atoms with Crippen LogP contribution < -0.4 is 4.90 Å². The third-order valence-corrected chi connectivity index (χ3v) is 3.94. The van der Waals surface area contributed by atoms with Crippen LogP contribution in [0.2, 0.25) is 0 Å². The van der Waals surface area contributed by atoms with Crippen LogP contribution >= 0.6 is 0 Å². The van der Waals surface area contributed by atoms with E-state index in [2.05, 4.69) is 18.0 Å². The highest BCUT2D eigenvalue weighted by Crippen LogP contribution is 2.28. The molecule has 1 heterocycles. The Bertz CT molecular complexity index is 638. The molecule has 0 saturated carbocycles. The Morgan fingerprint density at radius 3 is 2.83 bits per heavy atom. The molecule has 0 fully saturated rings. The largest absolute Gasteiger partial charge is 0.383 e. The summed E-state index contributed by atoms with van der Waals surface area (Å²) < 4.78 is 7.08. The zero-order valence-electron chi connectivity index (χ0n) is 14.3. The van der Waals surface area contributed by atoms with Crippen LogP contribution in [0.1, 0.15) is 25.0 Å². The van der Waals surface area contributed by atoms with Crippen molar-refractivity contribution in [3.63, 3.8) is 0 Å². The minimum absolute atomic E-state index is 0.0385. The molecule has 124 valence electrons. The van der Waals surface area contributed by atoms with Gasteiger partial charge in [-0.05, 0) is 31.4 Å². The smallest absolute Gasteiger partial charge is 0.247 e. The van der Waals surface area contributed by atoms with Gasteiger partial charge in [-0.25, -0.2) is 4.98 Å². The van der Waals surface area contributed by atoms with E-state index in [4.69, 9.17) is 4.74 Å². The van der Waals surface area contributed by atoms with Crippen molar-refractivity contribution in [3.05, 3.63) is 48.0 Å². The standard InChI is InChI=1S/C18H25N3O2/c1-5-16-8-6-7-14(2)18(16)21(15(3)12-23-4)17(22)11-20-10-9-19-13-20/h6-10,13,15H,5,11-12H2,1-4H3. The zero-order chi connectivity index (χ0) is 16.8. The van der Waals surface area contributed by atoms with Gasteiger partial charge in [0.05, 0.1) is 24.7 Å². The fourth-order valence-electron chi connectivity index (χ4n) is 2.87. The number of nitrogens with zero attached hydrogens (tertiary/aromatic N) is 3. The van der Waals surface area contributed by atoms with Crippen molar-refractivity contribution in [3.8, 4) is 0 Å². The van der Waals surface area contributed by atoms with Crippen LogP contribution in [0.3, 0.4) is 0 Å². The van der Waals surface area contributed by atoms with Crippen molar-refractivity contribution in [2.75, 3.05) is 18.6 Å². The van der Waals surface area contributed by atoms with Crippen LogP contribution in [0.4, 0.5) is 5.69 Å². The normalized spacial score (nSPS) is 12.2. The first-order valence-electron chi connectivity index (χ1n) is 7.93. The molecule has 5 nitrogen and oxygen atoms in total. The number of aryl methyl sites for hydroxylation is 2. The third kappa shape index (κ3) is 3.99. The van der Waals surface area contributed by atoms with E-state index in [1.807, 2.05) is 30.9 Å². The first kappa shape index (κ1) is 17.2. The fraction of sp³-hybridized carbons (Fsp3) is 0.444. The third-order valence-electron chi connectivity index (χ3n) is 3.94. The molecule has 1 aromatic carbocycles. The number of imidazole rings is 1. The summed E-state index contributed by atoms with van der Waals surface area (Å²) in [6.07, 6.45) is 6.03. The van der Waals surface area contributed by atoms with Crippen molar-refractivity contribution >= 4 is 11.6 Å². The maximum atomic E-state index is 13.0. The van der Waals surface area contributed by atoms with E-state index in [1.54, 1.807) is 30.4 Å². The van der Waals surface area contributed by atoms with Crippen LogP contribution in [-0.4, -0.2) is 35.2 Å². The summed E-state index contributed by atoms with van der Waals surface area (Å²) in [7, 11) is 1.66. The number of amides is 1. The van der Waals surface area contributed by atoms with Gasteiger partial charge >= 0.3 is 0 Å². The monoisotopic (exact) mass is 315 g/mol. The van der Waals surface area contributed by atoms with E-state index in [1.165, 1.54) is 5.56 Å². The molecule has 2 aromatic rings. The number of para-hydroxylation sites is 1. The molecular weight excluding hydrogens is 290 g/mol. The van der Waals surface area contributed by atoms with E-state index in [0.29, 0.717) is 6.61 Å². The van der Waals surface area contributed by atoms with E-state index in [-0.39, 0.29) is 18.5 Å².